The molecule has 2 rings (SSSR count). The second kappa shape index (κ2) is 5.40. The third kappa shape index (κ3) is 3.35. The molecule has 0 spiro atoms. The first kappa shape index (κ1) is 15.4. The molecule has 0 atom stereocenters. The first-order chi connectivity index (χ1) is 9.68. The monoisotopic (exact) mass is 364 g/mol. The molecule has 1 heterocycles. The number of halogens is 4. The van der Waals surface area contributed by atoms with E-state index in [4.69, 9.17) is 9.84 Å². The van der Waals surface area contributed by atoms with Crippen LogP contribution >= 0.6 is 15.9 Å². The molecule has 0 fully saturated rings. The topological polar surface area (TPSA) is 64.4 Å². The third-order valence-corrected chi connectivity index (χ3v) is 3.17. The van der Waals surface area contributed by atoms with Crippen LogP contribution in [0.2, 0.25) is 0 Å². The van der Waals surface area contributed by atoms with Gasteiger partial charge in [-0.05, 0) is 18.2 Å². The quantitative estimate of drug-likeness (QED) is 0.901. The molecule has 0 aliphatic rings. The molecular formula is C12H8BrF3N2O3. The van der Waals surface area contributed by atoms with E-state index in [9.17, 15) is 18.0 Å². The number of alkyl halides is 3. The molecule has 21 heavy (non-hydrogen) atoms. The van der Waals surface area contributed by atoms with Crippen molar-refractivity contribution in [3.8, 4) is 11.6 Å². The van der Waals surface area contributed by atoms with Crippen molar-refractivity contribution in [2.24, 2.45) is 7.05 Å². The van der Waals surface area contributed by atoms with Gasteiger partial charge in [-0.1, -0.05) is 15.9 Å². The number of rotatable bonds is 3. The highest BCUT2D eigenvalue weighted by molar-refractivity contribution is 9.10. The Morgan fingerprint density at radius 1 is 1.43 bits per heavy atom. The zero-order chi connectivity index (χ0) is 15.8. The Balaban J connectivity index is 2.39. The number of aryl methyl sites for hydroxylation is 1. The normalized spacial score (nSPS) is 11.5. The number of aromatic nitrogens is 2. The van der Waals surface area contributed by atoms with E-state index in [1.165, 1.54) is 30.1 Å². The molecule has 1 N–H and O–H groups in total. The predicted molar refractivity (Wildman–Crippen MR) is 69.4 cm³/mol. The van der Waals surface area contributed by atoms with E-state index in [-0.39, 0.29) is 21.7 Å². The van der Waals surface area contributed by atoms with Crippen LogP contribution in [0.25, 0.3) is 0 Å². The summed E-state index contributed by atoms with van der Waals surface area (Å²) < 4.78 is 44.5. The van der Waals surface area contributed by atoms with Crippen molar-refractivity contribution >= 4 is 21.9 Å². The van der Waals surface area contributed by atoms with Crippen LogP contribution in [0, 0.1) is 0 Å². The summed E-state index contributed by atoms with van der Waals surface area (Å²) in [5.41, 5.74) is -1.17. The van der Waals surface area contributed by atoms with Gasteiger partial charge in [0.05, 0.1) is 5.56 Å². The Bertz CT molecular complexity index is 698. The van der Waals surface area contributed by atoms with Gasteiger partial charge < -0.3 is 9.84 Å². The Labute approximate surface area is 125 Å². The van der Waals surface area contributed by atoms with Crippen molar-refractivity contribution in [1.29, 1.82) is 0 Å². The number of carboxylic acid groups (broad SMARTS) is 1. The minimum Gasteiger partial charge on any atom is -0.477 e. The van der Waals surface area contributed by atoms with Gasteiger partial charge in [-0.15, -0.1) is 5.10 Å². The lowest BCUT2D eigenvalue weighted by atomic mass is 10.2. The number of carbonyl (C=O) groups is 1. The maximum Gasteiger partial charge on any atom is 0.417 e. The summed E-state index contributed by atoms with van der Waals surface area (Å²) >= 11 is 2.80. The molecule has 0 aliphatic carbocycles. The molecule has 0 aliphatic heterocycles. The van der Waals surface area contributed by atoms with Gasteiger partial charge in [0.25, 0.3) is 5.88 Å². The van der Waals surface area contributed by atoms with E-state index in [1.807, 2.05) is 0 Å². The van der Waals surface area contributed by atoms with Gasteiger partial charge in [0.2, 0.25) is 0 Å². The maximum atomic E-state index is 12.8. The summed E-state index contributed by atoms with van der Waals surface area (Å²) in [6, 6.07) is 3.21. The molecule has 0 unspecified atom stereocenters. The van der Waals surface area contributed by atoms with Gasteiger partial charge in [0, 0.05) is 17.7 Å². The number of nitrogens with zero attached hydrogens (tertiary/aromatic N) is 2. The van der Waals surface area contributed by atoms with E-state index < -0.39 is 17.7 Å². The smallest absolute Gasteiger partial charge is 0.417 e. The van der Waals surface area contributed by atoms with E-state index in [1.54, 1.807) is 0 Å². The summed E-state index contributed by atoms with van der Waals surface area (Å²) in [5.74, 6) is -1.72. The second-order valence-electron chi connectivity index (χ2n) is 4.07. The van der Waals surface area contributed by atoms with Crippen LogP contribution in [0.1, 0.15) is 15.9 Å². The summed E-state index contributed by atoms with van der Waals surface area (Å²) in [6.45, 7) is 0. The van der Waals surface area contributed by atoms with Crippen LogP contribution in [0.5, 0.6) is 11.6 Å². The van der Waals surface area contributed by atoms with Crippen molar-refractivity contribution in [2.45, 2.75) is 6.18 Å². The maximum absolute atomic E-state index is 12.8. The fraction of sp³-hybridized carbons (Fsp3) is 0.167. The first-order valence-electron chi connectivity index (χ1n) is 5.50. The third-order valence-electron chi connectivity index (χ3n) is 2.48. The summed E-state index contributed by atoms with van der Waals surface area (Å²) in [7, 11) is 1.47. The van der Waals surface area contributed by atoms with E-state index >= 15 is 0 Å². The zero-order valence-corrected chi connectivity index (χ0v) is 12.1. The molecular weight excluding hydrogens is 357 g/mol. The largest absolute Gasteiger partial charge is 0.477 e. The minimum atomic E-state index is -4.56. The van der Waals surface area contributed by atoms with Crippen molar-refractivity contribution < 1.29 is 27.8 Å². The van der Waals surface area contributed by atoms with Crippen molar-refractivity contribution in [2.75, 3.05) is 0 Å². The molecule has 0 bridgehead atoms. The molecule has 0 amide bonds. The van der Waals surface area contributed by atoms with Crippen LogP contribution in [-0.2, 0) is 13.2 Å². The lowest BCUT2D eigenvalue weighted by molar-refractivity contribution is -0.138. The molecule has 5 nitrogen and oxygen atoms in total. The predicted octanol–water partition coefficient (Wildman–Crippen LogP) is 3.69. The molecule has 2 aromatic rings. The highest BCUT2D eigenvalue weighted by Gasteiger charge is 2.33. The lowest BCUT2D eigenvalue weighted by Gasteiger charge is -2.11. The van der Waals surface area contributed by atoms with Crippen LogP contribution in [-0.4, -0.2) is 20.9 Å². The highest BCUT2D eigenvalue weighted by Crippen LogP contribution is 2.37. The molecule has 9 heteroatoms. The van der Waals surface area contributed by atoms with Gasteiger partial charge >= 0.3 is 12.1 Å². The van der Waals surface area contributed by atoms with Gasteiger partial charge in [-0.2, -0.15) is 13.2 Å². The van der Waals surface area contributed by atoms with Crippen LogP contribution in [0.15, 0.2) is 28.9 Å². The van der Waals surface area contributed by atoms with Gasteiger partial charge in [-0.25, -0.2) is 4.79 Å². The molecule has 1 aromatic heterocycles. The summed E-state index contributed by atoms with van der Waals surface area (Å²) in [5, 5.41) is 12.7. The molecule has 112 valence electrons. The number of ether oxygens (including phenoxy) is 1. The van der Waals surface area contributed by atoms with E-state index in [0.29, 0.717) is 0 Å². The Hall–Kier alpha value is -2.03. The van der Waals surface area contributed by atoms with Crippen LogP contribution in [0.4, 0.5) is 13.2 Å². The molecule has 0 radical (unpaired) electrons. The average Bonchev–Trinajstić information content (AvgIpc) is 2.71. The Morgan fingerprint density at radius 3 is 2.67 bits per heavy atom. The van der Waals surface area contributed by atoms with E-state index in [2.05, 4.69) is 21.0 Å². The summed E-state index contributed by atoms with van der Waals surface area (Å²) in [4.78, 5) is 11.0. The first-order valence-corrected chi connectivity index (χ1v) is 6.29. The van der Waals surface area contributed by atoms with Crippen molar-refractivity contribution in [1.82, 2.24) is 9.78 Å². The number of carboxylic acids is 1. The van der Waals surface area contributed by atoms with Gasteiger partial charge in [0.15, 0.2) is 0 Å². The van der Waals surface area contributed by atoms with Crippen molar-refractivity contribution in [3.63, 3.8) is 0 Å². The number of benzene rings is 1. The zero-order valence-electron chi connectivity index (χ0n) is 10.5. The standard InChI is InChI=1S/C12H8BrF3N2O3/c1-18-5-7(11(19)20)10(17-18)21-6-2-3-9(13)8(4-6)12(14,15)16/h2-5H,1H3,(H,19,20). The number of hydrogen-bond acceptors (Lipinski definition) is 3. The molecule has 1 aromatic carbocycles. The van der Waals surface area contributed by atoms with E-state index in [0.717, 1.165) is 6.07 Å². The highest BCUT2D eigenvalue weighted by atomic mass is 79.9. The van der Waals surface area contributed by atoms with Crippen molar-refractivity contribution in [3.05, 3.63) is 40.0 Å². The number of aromatic carboxylic acids is 1. The second-order valence-corrected chi connectivity index (χ2v) is 4.92. The molecule has 0 saturated carbocycles. The Kier molecular flexibility index (Phi) is 3.95. The summed E-state index contributed by atoms with van der Waals surface area (Å²) in [6.07, 6.45) is -3.36. The van der Waals surface area contributed by atoms with Crippen LogP contribution < -0.4 is 4.74 Å². The average molecular weight is 365 g/mol. The fourth-order valence-corrected chi connectivity index (χ4v) is 2.06. The molecule has 0 saturated heterocycles. The number of hydrogen-bond donors (Lipinski definition) is 1. The van der Waals surface area contributed by atoms with Gasteiger partial charge in [0.1, 0.15) is 11.3 Å². The SMILES string of the molecule is Cn1cc(C(=O)O)c(Oc2ccc(Br)c(C(F)(F)F)c2)n1. The lowest BCUT2D eigenvalue weighted by Crippen LogP contribution is -2.06. The Morgan fingerprint density at radius 2 is 2.10 bits per heavy atom. The minimum absolute atomic E-state index is 0.137. The fourth-order valence-electron chi connectivity index (χ4n) is 1.59. The van der Waals surface area contributed by atoms with Gasteiger partial charge in [-0.3, -0.25) is 4.68 Å². The van der Waals surface area contributed by atoms with Crippen LogP contribution in [0.3, 0.4) is 0 Å².